The Balaban J connectivity index is 2.11. The number of ketones is 2. The molecule has 0 heterocycles. The molecule has 0 N–H and O–H groups in total. The predicted octanol–water partition coefficient (Wildman–Crippen LogP) is 3.53. The summed E-state index contributed by atoms with van der Waals surface area (Å²) in [7, 11) is 1.38. The zero-order valence-electron chi connectivity index (χ0n) is 13.7. The molecule has 0 saturated heterocycles. The van der Waals surface area contributed by atoms with Crippen molar-refractivity contribution in [3.8, 4) is 0 Å². The average Bonchev–Trinajstić information content (AvgIpc) is 3.03. The lowest BCUT2D eigenvalue weighted by molar-refractivity contribution is -0.141. The van der Waals surface area contributed by atoms with Crippen LogP contribution in [0, 0.1) is 5.41 Å². The number of esters is 1. The van der Waals surface area contributed by atoms with E-state index in [-0.39, 0.29) is 17.5 Å². The Morgan fingerprint density at radius 3 is 2.59 bits per heavy atom. The third kappa shape index (κ3) is 3.16. The van der Waals surface area contributed by atoms with Gasteiger partial charge < -0.3 is 4.74 Å². The van der Waals surface area contributed by atoms with Crippen LogP contribution in [-0.4, -0.2) is 24.6 Å². The molecule has 1 unspecified atom stereocenters. The first-order valence-electron chi connectivity index (χ1n) is 8.41. The van der Waals surface area contributed by atoms with Gasteiger partial charge in [-0.2, -0.15) is 0 Å². The van der Waals surface area contributed by atoms with E-state index in [1.165, 1.54) is 7.11 Å². The molecule has 0 aromatic rings. The van der Waals surface area contributed by atoms with Gasteiger partial charge >= 0.3 is 5.97 Å². The van der Waals surface area contributed by atoms with Gasteiger partial charge in [-0.05, 0) is 49.7 Å². The first kappa shape index (κ1) is 16.9. The van der Waals surface area contributed by atoms with Crippen molar-refractivity contribution >= 4 is 17.5 Å². The van der Waals surface area contributed by atoms with Crippen molar-refractivity contribution in [1.29, 1.82) is 0 Å². The summed E-state index contributed by atoms with van der Waals surface area (Å²) in [5.41, 5.74) is 1.59. The smallest absolute Gasteiger partial charge is 0.305 e. The number of methoxy groups -OCH3 is 1. The third-order valence-electron chi connectivity index (χ3n) is 5.19. The predicted molar refractivity (Wildman–Crippen MR) is 83.3 cm³/mol. The highest BCUT2D eigenvalue weighted by Crippen LogP contribution is 2.54. The first-order valence-corrected chi connectivity index (χ1v) is 8.41. The average molecular weight is 306 g/mol. The van der Waals surface area contributed by atoms with Crippen molar-refractivity contribution in [3.63, 3.8) is 0 Å². The molecule has 0 aromatic heterocycles. The molecular formula is C18H26O4. The van der Waals surface area contributed by atoms with Crippen LogP contribution in [0.5, 0.6) is 0 Å². The number of carbonyl (C=O) groups is 3. The monoisotopic (exact) mass is 306 g/mol. The molecule has 2 aliphatic rings. The van der Waals surface area contributed by atoms with Crippen molar-refractivity contribution in [3.05, 3.63) is 11.1 Å². The van der Waals surface area contributed by atoms with Crippen LogP contribution in [0.1, 0.15) is 71.1 Å². The standard InChI is InChI=1S/C18H26O4/c1-3-4-6-15(19)13-10-12-18(11-5-7-17(21)22-2)14(13)8-9-16(18)20/h3-12H2,1-2H3. The number of allylic oxidation sites excluding steroid dienone is 2. The molecule has 0 aromatic carbocycles. The van der Waals surface area contributed by atoms with Crippen molar-refractivity contribution in [2.75, 3.05) is 7.11 Å². The Labute approximate surface area is 132 Å². The highest BCUT2D eigenvalue weighted by atomic mass is 16.5. The summed E-state index contributed by atoms with van der Waals surface area (Å²) in [4.78, 5) is 36.1. The molecule has 2 aliphatic carbocycles. The molecule has 4 heteroatoms. The van der Waals surface area contributed by atoms with Gasteiger partial charge in [-0.1, -0.05) is 13.3 Å². The van der Waals surface area contributed by atoms with E-state index in [9.17, 15) is 14.4 Å². The summed E-state index contributed by atoms with van der Waals surface area (Å²) in [6, 6.07) is 0. The van der Waals surface area contributed by atoms with Gasteiger partial charge in [0, 0.05) is 19.3 Å². The summed E-state index contributed by atoms with van der Waals surface area (Å²) in [6.07, 6.45) is 7.00. The minimum Gasteiger partial charge on any atom is -0.469 e. The Hall–Kier alpha value is -1.45. The fraction of sp³-hybridized carbons (Fsp3) is 0.722. The maximum Gasteiger partial charge on any atom is 0.305 e. The van der Waals surface area contributed by atoms with Gasteiger partial charge in [-0.3, -0.25) is 14.4 Å². The largest absolute Gasteiger partial charge is 0.469 e. The molecule has 2 rings (SSSR count). The summed E-state index contributed by atoms with van der Waals surface area (Å²) >= 11 is 0. The molecule has 1 saturated carbocycles. The highest BCUT2D eigenvalue weighted by Gasteiger charge is 2.50. The molecule has 0 amide bonds. The van der Waals surface area contributed by atoms with Crippen LogP contribution < -0.4 is 0 Å². The maximum absolute atomic E-state index is 12.4. The number of rotatable bonds is 8. The van der Waals surface area contributed by atoms with Crippen LogP contribution >= 0.6 is 0 Å². The molecule has 1 atom stereocenters. The van der Waals surface area contributed by atoms with Crippen LogP contribution in [0.15, 0.2) is 11.1 Å². The van der Waals surface area contributed by atoms with Crippen LogP contribution in [-0.2, 0) is 19.1 Å². The fourth-order valence-electron chi connectivity index (χ4n) is 3.95. The number of ether oxygens (including phenoxy) is 1. The van der Waals surface area contributed by atoms with Crippen molar-refractivity contribution in [2.24, 2.45) is 5.41 Å². The summed E-state index contributed by atoms with van der Waals surface area (Å²) in [6.45, 7) is 2.08. The Bertz CT molecular complexity index is 503. The van der Waals surface area contributed by atoms with E-state index >= 15 is 0 Å². The lowest BCUT2D eigenvalue weighted by Gasteiger charge is -2.24. The minimum absolute atomic E-state index is 0.232. The molecule has 22 heavy (non-hydrogen) atoms. The number of Topliss-reactive ketones (excluding diaryl/α,β-unsaturated/α-hetero) is 2. The van der Waals surface area contributed by atoms with Crippen LogP contribution in [0.4, 0.5) is 0 Å². The summed E-state index contributed by atoms with van der Waals surface area (Å²) in [5, 5.41) is 0. The molecular weight excluding hydrogens is 280 g/mol. The second-order valence-electron chi connectivity index (χ2n) is 6.42. The molecule has 0 bridgehead atoms. The van der Waals surface area contributed by atoms with E-state index in [2.05, 4.69) is 11.7 Å². The molecule has 4 nitrogen and oxygen atoms in total. The van der Waals surface area contributed by atoms with E-state index in [1.54, 1.807) is 0 Å². The normalized spacial score (nSPS) is 23.8. The maximum atomic E-state index is 12.4. The van der Waals surface area contributed by atoms with Gasteiger partial charge in [0.2, 0.25) is 0 Å². The van der Waals surface area contributed by atoms with E-state index < -0.39 is 5.41 Å². The highest BCUT2D eigenvalue weighted by molar-refractivity contribution is 6.02. The number of fused-ring (bicyclic) bond motifs is 1. The van der Waals surface area contributed by atoms with Crippen LogP contribution in [0.2, 0.25) is 0 Å². The van der Waals surface area contributed by atoms with E-state index in [1.807, 2.05) is 0 Å². The van der Waals surface area contributed by atoms with Gasteiger partial charge in [-0.25, -0.2) is 0 Å². The molecule has 0 radical (unpaired) electrons. The topological polar surface area (TPSA) is 60.4 Å². The first-order chi connectivity index (χ1) is 10.5. The number of unbranched alkanes of at least 4 members (excludes halogenated alkanes) is 1. The zero-order valence-corrected chi connectivity index (χ0v) is 13.7. The fourth-order valence-corrected chi connectivity index (χ4v) is 3.95. The molecule has 0 spiro atoms. The second kappa shape index (κ2) is 7.21. The van der Waals surface area contributed by atoms with Crippen molar-refractivity contribution in [1.82, 2.24) is 0 Å². The number of carbonyl (C=O) groups excluding carboxylic acids is 3. The van der Waals surface area contributed by atoms with Crippen molar-refractivity contribution < 1.29 is 19.1 Å². The minimum atomic E-state index is -0.439. The number of hydrogen-bond donors (Lipinski definition) is 0. The van der Waals surface area contributed by atoms with Gasteiger partial charge in [0.05, 0.1) is 12.5 Å². The second-order valence-corrected chi connectivity index (χ2v) is 6.42. The molecule has 0 aliphatic heterocycles. The SMILES string of the molecule is CCCCC(=O)C1=C2CCC(=O)C2(CCCC(=O)OC)CC1. The molecule has 122 valence electrons. The van der Waals surface area contributed by atoms with Gasteiger partial charge in [0.1, 0.15) is 5.78 Å². The van der Waals surface area contributed by atoms with Gasteiger partial charge in [-0.15, -0.1) is 0 Å². The lowest BCUT2D eigenvalue weighted by atomic mass is 9.77. The number of hydrogen-bond acceptors (Lipinski definition) is 4. The summed E-state index contributed by atoms with van der Waals surface area (Å²) in [5.74, 6) is 0.275. The van der Waals surface area contributed by atoms with Crippen LogP contribution in [0.3, 0.4) is 0 Å². The Morgan fingerprint density at radius 1 is 1.14 bits per heavy atom. The van der Waals surface area contributed by atoms with E-state index in [0.29, 0.717) is 32.1 Å². The Kier molecular flexibility index (Phi) is 5.54. The quantitative estimate of drug-likeness (QED) is 0.644. The lowest BCUT2D eigenvalue weighted by Crippen LogP contribution is -2.25. The van der Waals surface area contributed by atoms with E-state index in [4.69, 9.17) is 0 Å². The van der Waals surface area contributed by atoms with Crippen molar-refractivity contribution in [2.45, 2.75) is 71.1 Å². The van der Waals surface area contributed by atoms with Gasteiger partial charge in [0.25, 0.3) is 0 Å². The van der Waals surface area contributed by atoms with Crippen LogP contribution in [0.25, 0.3) is 0 Å². The van der Waals surface area contributed by atoms with Gasteiger partial charge in [0.15, 0.2) is 5.78 Å². The third-order valence-corrected chi connectivity index (χ3v) is 5.19. The Morgan fingerprint density at radius 2 is 1.91 bits per heavy atom. The summed E-state index contributed by atoms with van der Waals surface area (Å²) < 4.78 is 4.66. The van der Waals surface area contributed by atoms with E-state index in [0.717, 1.165) is 43.3 Å². The zero-order chi connectivity index (χ0) is 16.2. The molecule has 1 fully saturated rings.